The Morgan fingerprint density at radius 2 is 1.15 bits per heavy atom. The van der Waals surface area contributed by atoms with E-state index in [0.29, 0.717) is 0 Å². The van der Waals surface area contributed by atoms with Crippen LogP contribution in [0.3, 0.4) is 0 Å². The molecule has 0 aromatic rings. The Balaban J connectivity index is 4.91. The Bertz CT molecular complexity index is 149. The van der Waals surface area contributed by atoms with Crippen LogP contribution in [0.4, 0.5) is 0 Å². The molecule has 13 heavy (non-hydrogen) atoms. The highest BCUT2D eigenvalue weighted by molar-refractivity contribution is 7.60. The first-order valence-corrected chi connectivity index (χ1v) is 14.4. The Morgan fingerprint density at radius 3 is 1.23 bits per heavy atom. The molecule has 0 aliphatic carbocycles. The molecule has 0 heterocycles. The number of hydrogen-bond donors (Lipinski definition) is 0. The van der Waals surface area contributed by atoms with Crippen LogP contribution >= 0.6 is 0 Å². The summed E-state index contributed by atoms with van der Waals surface area (Å²) in [6, 6.07) is 0. The average molecular weight is 239 g/mol. The molecule has 0 amide bonds. The molecule has 6 heteroatoms. The largest absolute Gasteiger partial charge is 0.465 e. The van der Waals surface area contributed by atoms with Crippen LogP contribution in [-0.4, -0.2) is 45.1 Å². The van der Waals surface area contributed by atoms with Crippen LogP contribution in [0.25, 0.3) is 0 Å². The zero-order valence-corrected chi connectivity index (χ0v) is 13.0. The summed E-state index contributed by atoms with van der Waals surface area (Å²) < 4.78 is 16.7. The third-order valence-corrected chi connectivity index (χ3v) is 32.7. The first-order valence-electron chi connectivity index (χ1n) is 4.53. The van der Waals surface area contributed by atoms with Crippen molar-refractivity contribution in [2.75, 3.05) is 21.3 Å². The third kappa shape index (κ3) is 2.31. The van der Waals surface area contributed by atoms with Crippen LogP contribution in [0.2, 0.25) is 26.2 Å². The van der Waals surface area contributed by atoms with Crippen molar-refractivity contribution in [2.45, 2.75) is 26.2 Å². The summed E-state index contributed by atoms with van der Waals surface area (Å²) in [5, 5.41) is 0. The molecule has 0 aromatic heterocycles. The van der Waals surface area contributed by atoms with Gasteiger partial charge in [0.1, 0.15) is 7.11 Å². The summed E-state index contributed by atoms with van der Waals surface area (Å²) in [4.78, 5) is 0. The quantitative estimate of drug-likeness (QED) is 0.674. The molecule has 0 saturated heterocycles. The highest BCUT2D eigenvalue weighted by Gasteiger charge is 2.56. The van der Waals surface area contributed by atoms with E-state index in [2.05, 4.69) is 26.2 Å². The summed E-state index contributed by atoms with van der Waals surface area (Å²) in [5.74, 6) is 0. The minimum absolute atomic E-state index is 0.732. The second kappa shape index (κ2) is 4.85. The molecule has 0 spiro atoms. The molecule has 3 nitrogen and oxygen atoms in total. The van der Waals surface area contributed by atoms with Crippen molar-refractivity contribution in [2.24, 2.45) is 0 Å². The standard InChI is InChI=1S/C7H22O3Si3/c1-8-13(9-2,10-3)12(6,7)11(4)5/h11H,1-7H3. The van der Waals surface area contributed by atoms with E-state index in [1.807, 2.05) is 0 Å². The SMILES string of the molecule is CO[Si](OC)(OC)[Si](C)(C)[SiH](C)C. The molecule has 0 aliphatic rings. The summed E-state index contributed by atoms with van der Waals surface area (Å²) in [5.41, 5.74) is 0. The van der Waals surface area contributed by atoms with Gasteiger partial charge in [-0.15, -0.1) is 0 Å². The number of rotatable bonds is 5. The van der Waals surface area contributed by atoms with Crippen LogP contribution in [0.5, 0.6) is 0 Å². The first-order chi connectivity index (χ1) is 5.88. The van der Waals surface area contributed by atoms with Crippen LogP contribution in [0.1, 0.15) is 0 Å². The van der Waals surface area contributed by atoms with Crippen LogP contribution in [0.15, 0.2) is 0 Å². The van der Waals surface area contributed by atoms with Crippen LogP contribution < -0.4 is 0 Å². The molecule has 0 N–H and O–H groups in total. The van der Waals surface area contributed by atoms with E-state index in [-0.39, 0.29) is 0 Å². The fourth-order valence-corrected chi connectivity index (χ4v) is 20.6. The van der Waals surface area contributed by atoms with Gasteiger partial charge in [0.05, 0.1) is 0 Å². The molecular formula is C7H22O3Si3. The molecule has 0 fully saturated rings. The minimum atomic E-state index is -2.31. The van der Waals surface area contributed by atoms with Crippen molar-refractivity contribution < 1.29 is 13.3 Å². The lowest BCUT2D eigenvalue weighted by molar-refractivity contribution is 0.146. The molecule has 0 bridgehead atoms. The van der Waals surface area contributed by atoms with E-state index in [0.717, 1.165) is 0 Å². The second-order valence-corrected chi connectivity index (χ2v) is 27.4. The fourth-order valence-electron chi connectivity index (χ4n) is 1.39. The van der Waals surface area contributed by atoms with Gasteiger partial charge < -0.3 is 13.3 Å². The predicted octanol–water partition coefficient (Wildman–Crippen LogP) is 1.22. The molecule has 0 atom stereocenters. The predicted molar refractivity (Wildman–Crippen MR) is 63.1 cm³/mol. The molecular weight excluding hydrogens is 216 g/mol. The Kier molecular flexibility index (Phi) is 5.05. The zero-order valence-electron chi connectivity index (χ0n) is 9.80. The molecule has 0 radical (unpaired) electrons. The van der Waals surface area contributed by atoms with Gasteiger partial charge in [-0.25, -0.2) is 0 Å². The van der Waals surface area contributed by atoms with E-state index < -0.39 is 23.7 Å². The van der Waals surface area contributed by atoms with Crippen molar-refractivity contribution in [1.29, 1.82) is 0 Å². The monoisotopic (exact) mass is 238 g/mol. The normalized spacial score (nSPS) is 13.8. The van der Waals surface area contributed by atoms with Crippen molar-refractivity contribution in [3.63, 3.8) is 0 Å². The third-order valence-electron chi connectivity index (χ3n) is 3.04. The van der Waals surface area contributed by atoms with Gasteiger partial charge >= 0.3 is 8.32 Å². The topological polar surface area (TPSA) is 27.7 Å². The second-order valence-electron chi connectivity index (χ2n) is 4.04. The highest BCUT2D eigenvalue weighted by atomic mass is 29.6. The van der Waals surface area contributed by atoms with Gasteiger partial charge in [-0.3, -0.25) is 0 Å². The van der Waals surface area contributed by atoms with Gasteiger partial charge in [0.25, 0.3) is 0 Å². The molecule has 0 aliphatic heterocycles. The Morgan fingerprint density at radius 1 is 0.846 bits per heavy atom. The van der Waals surface area contributed by atoms with Crippen LogP contribution in [-0.2, 0) is 13.3 Å². The molecule has 0 unspecified atom stereocenters. The van der Waals surface area contributed by atoms with Gasteiger partial charge in [-0.2, -0.15) is 0 Å². The van der Waals surface area contributed by atoms with Crippen molar-refractivity contribution in [3.05, 3.63) is 0 Å². The first kappa shape index (κ1) is 13.5. The van der Waals surface area contributed by atoms with Gasteiger partial charge in [0, 0.05) is 29.6 Å². The number of hydrogen-bond acceptors (Lipinski definition) is 3. The lowest BCUT2D eigenvalue weighted by Gasteiger charge is -2.39. The van der Waals surface area contributed by atoms with Gasteiger partial charge in [0.2, 0.25) is 0 Å². The maximum atomic E-state index is 5.55. The summed E-state index contributed by atoms with van der Waals surface area (Å²) in [6.07, 6.45) is 0. The highest BCUT2D eigenvalue weighted by Crippen LogP contribution is 2.23. The Hall–Kier alpha value is 0.531. The smallest absolute Gasteiger partial charge is 0.380 e. The van der Waals surface area contributed by atoms with E-state index in [1.165, 1.54) is 0 Å². The van der Waals surface area contributed by atoms with Crippen molar-refractivity contribution in [1.82, 2.24) is 0 Å². The summed E-state index contributed by atoms with van der Waals surface area (Å²) in [7, 11) is 0.650. The molecule has 80 valence electrons. The maximum absolute atomic E-state index is 5.55. The molecule has 0 aromatic carbocycles. The fraction of sp³-hybridized carbons (Fsp3) is 1.00. The van der Waals surface area contributed by atoms with E-state index in [1.54, 1.807) is 21.3 Å². The molecule has 0 rings (SSSR count). The zero-order chi connectivity index (χ0) is 10.7. The lowest BCUT2D eigenvalue weighted by atomic mass is 11.8. The molecule has 0 saturated carbocycles. The minimum Gasteiger partial charge on any atom is -0.380 e. The van der Waals surface area contributed by atoms with Gasteiger partial charge in [-0.1, -0.05) is 26.2 Å². The van der Waals surface area contributed by atoms with E-state index in [9.17, 15) is 0 Å². The van der Waals surface area contributed by atoms with Gasteiger partial charge in [0.15, 0.2) is 0 Å². The van der Waals surface area contributed by atoms with E-state index in [4.69, 9.17) is 13.3 Å². The summed E-state index contributed by atoms with van der Waals surface area (Å²) >= 11 is 0. The maximum Gasteiger partial charge on any atom is 0.465 e. The summed E-state index contributed by atoms with van der Waals surface area (Å²) in [6.45, 7) is 9.36. The van der Waals surface area contributed by atoms with Gasteiger partial charge in [-0.05, 0) is 0 Å². The lowest BCUT2D eigenvalue weighted by Crippen LogP contribution is -2.70. The van der Waals surface area contributed by atoms with E-state index >= 15 is 0 Å². The average Bonchev–Trinajstić information content (AvgIpc) is 2.08. The van der Waals surface area contributed by atoms with Crippen LogP contribution in [0, 0.1) is 0 Å². The van der Waals surface area contributed by atoms with Crippen molar-refractivity contribution >= 4 is 23.7 Å². The van der Waals surface area contributed by atoms with Crippen molar-refractivity contribution in [3.8, 4) is 0 Å². The Labute approximate surface area is 85.0 Å².